The van der Waals surface area contributed by atoms with E-state index in [1.54, 1.807) is 13.2 Å². The molecule has 1 N–H and O–H groups in total. The summed E-state index contributed by atoms with van der Waals surface area (Å²) in [6.07, 6.45) is 0. The van der Waals surface area contributed by atoms with Crippen LogP contribution in [-0.2, 0) is 0 Å². The van der Waals surface area contributed by atoms with E-state index in [0.29, 0.717) is 0 Å². The molecule has 0 spiro atoms. The number of para-hydroxylation sites is 1. The second-order valence-corrected chi connectivity index (χ2v) is 4.81. The van der Waals surface area contributed by atoms with Crippen LogP contribution in [0.4, 0.5) is 4.39 Å². The van der Waals surface area contributed by atoms with E-state index in [0.717, 1.165) is 23.4 Å². The Labute approximate surface area is 123 Å². The van der Waals surface area contributed by atoms with Crippen molar-refractivity contribution < 1.29 is 9.13 Å². The van der Waals surface area contributed by atoms with Crippen LogP contribution < -0.4 is 10.1 Å². The van der Waals surface area contributed by atoms with Gasteiger partial charge in [-0.3, -0.25) is 0 Å². The average Bonchev–Trinajstić information content (AvgIpc) is 2.48. The lowest BCUT2D eigenvalue weighted by Crippen LogP contribution is -2.22. The summed E-state index contributed by atoms with van der Waals surface area (Å²) in [7, 11) is 1.63. The van der Waals surface area contributed by atoms with Crippen LogP contribution in [0.1, 0.15) is 24.1 Å². The van der Waals surface area contributed by atoms with Gasteiger partial charge in [0.15, 0.2) is 0 Å². The van der Waals surface area contributed by atoms with E-state index in [-0.39, 0.29) is 11.1 Å². The van der Waals surface area contributed by atoms with Crippen molar-refractivity contribution in [3.05, 3.63) is 64.4 Å². The molecule has 0 heterocycles. The molecule has 20 heavy (non-hydrogen) atoms. The molecule has 1 atom stereocenters. The second kappa shape index (κ2) is 6.73. The number of nitrogens with one attached hydrogen (secondary N) is 1. The Morgan fingerprint density at radius 1 is 1.25 bits per heavy atom. The molecule has 0 fully saturated rings. The van der Waals surface area contributed by atoms with Gasteiger partial charge in [-0.15, -0.1) is 0 Å². The van der Waals surface area contributed by atoms with Crippen LogP contribution in [0, 0.1) is 5.82 Å². The van der Waals surface area contributed by atoms with Crippen LogP contribution in [0.25, 0.3) is 0 Å². The van der Waals surface area contributed by atoms with Crippen molar-refractivity contribution in [3.8, 4) is 5.75 Å². The van der Waals surface area contributed by atoms with E-state index < -0.39 is 5.82 Å². The van der Waals surface area contributed by atoms with Crippen LogP contribution >= 0.6 is 11.6 Å². The lowest BCUT2D eigenvalue weighted by Gasteiger charge is -2.21. The summed E-state index contributed by atoms with van der Waals surface area (Å²) in [5.74, 6) is 0.357. The summed E-state index contributed by atoms with van der Waals surface area (Å²) in [6, 6.07) is 12.4. The van der Waals surface area contributed by atoms with Gasteiger partial charge in [0.05, 0.1) is 18.2 Å². The summed E-state index contributed by atoms with van der Waals surface area (Å²) in [4.78, 5) is 0. The Hall–Kier alpha value is -1.58. The van der Waals surface area contributed by atoms with Gasteiger partial charge in [0, 0.05) is 5.56 Å². The Bertz CT molecular complexity index is 588. The number of halogens is 2. The molecule has 0 radical (unpaired) electrons. The van der Waals surface area contributed by atoms with Gasteiger partial charge in [-0.2, -0.15) is 0 Å². The molecule has 0 saturated heterocycles. The van der Waals surface area contributed by atoms with Crippen LogP contribution in [0.2, 0.25) is 5.02 Å². The highest BCUT2D eigenvalue weighted by molar-refractivity contribution is 6.30. The SMILES string of the molecule is CCNC(c1ccc(Cl)c(F)c1)c1ccccc1OC. The van der Waals surface area contributed by atoms with Crippen molar-refractivity contribution in [2.45, 2.75) is 13.0 Å². The zero-order chi connectivity index (χ0) is 14.5. The fourth-order valence-corrected chi connectivity index (χ4v) is 2.33. The molecule has 0 aliphatic heterocycles. The van der Waals surface area contributed by atoms with Gasteiger partial charge in [0.25, 0.3) is 0 Å². The molecule has 106 valence electrons. The molecule has 2 aromatic carbocycles. The van der Waals surface area contributed by atoms with Crippen LogP contribution in [0.5, 0.6) is 5.75 Å². The first-order chi connectivity index (χ1) is 9.67. The van der Waals surface area contributed by atoms with Gasteiger partial charge in [-0.1, -0.05) is 42.8 Å². The first-order valence-corrected chi connectivity index (χ1v) is 6.86. The van der Waals surface area contributed by atoms with Gasteiger partial charge in [-0.05, 0) is 30.3 Å². The van der Waals surface area contributed by atoms with Crippen molar-refractivity contribution in [1.29, 1.82) is 0 Å². The molecular formula is C16H17ClFNO. The molecule has 2 nitrogen and oxygen atoms in total. The van der Waals surface area contributed by atoms with E-state index in [9.17, 15) is 4.39 Å². The van der Waals surface area contributed by atoms with Gasteiger partial charge >= 0.3 is 0 Å². The minimum Gasteiger partial charge on any atom is -0.496 e. The van der Waals surface area contributed by atoms with Crippen LogP contribution in [-0.4, -0.2) is 13.7 Å². The smallest absolute Gasteiger partial charge is 0.142 e. The third kappa shape index (κ3) is 3.11. The summed E-state index contributed by atoms with van der Waals surface area (Å²) in [5.41, 5.74) is 1.79. The summed E-state index contributed by atoms with van der Waals surface area (Å²) in [6.45, 7) is 2.77. The summed E-state index contributed by atoms with van der Waals surface area (Å²) < 4.78 is 19.1. The first kappa shape index (κ1) is 14.8. The predicted molar refractivity (Wildman–Crippen MR) is 79.9 cm³/mol. The number of hydrogen-bond acceptors (Lipinski definition) is 2. The third-order valence-corrected chi connectivity index (χ3v) is 3.44. The lowest BCUT2D eigenvalue weighted by atomic mass is 9.97. The zero-order valence-corrected chi connectivity index (χ0v) is 12.2. The molecule has 0 aromatic heterocycles. The van der Waals surface area contributed by atoms with Crippen molar-refractivity contribution in [3.63, 3.8) is 0 Å². The van der Waals surface area contributed by atoms with Crippen molar-refractivity contribution >= 4 is 11.6 Å². The van der Waals surface area contributed by atoms with Crippen molar-refractivity contribution in [1.82, 2.24) is 5.32 Å². The maximum Gasteiger partial charge on any atom is 0.142 e. The minimum absolute atomic E-state index is 0.129. The fraction of sp³-hybridized carbons (Fsp3) is 0.250. The fourth-order valence-electron chi connectivity index (χ4n) is 2.21. The third-order valence-electron chi connectivity index (χ3n) is 3.14. The number of ether oxygens (including phenoxy) is 1. The van der Waals surface area contributed by atoms with E-state index in [1.165, 1.54) is 6.07 Å². The first-order valence-electron chi connectivity index (χ1n) is 6.48. The normalized spacial score (nSPS) is 12.2. The number of methoxy groups -OCH3 is 1. The monoisotopic (exact) mass is 293 g/mol. The molecule has 0 bridgehead atoms. The Kier molecular flexibility index (Phi) is 4.99. The highest BCUT2D eigenvalue weighted by atomic mass is 35.5. The standard InChI is InChI=1S/C16H17ClFNO/c1-3-19-16(11-8-9-13(17)14(18)10-11)12-6-4-5-7-15(12)20-2/h4-10,16,19H,3H2,1-2H3. The van der Waals surface area contributed by atoms with Gasteiger partial charge in [0.2, 0.25) is 0 Å². The average molecular weight is 294 g/mol. The van der Waals surface area contributed by atoms with Gasteiger partial charge < -0.3 is 10.1 Å². The highest BCUT2D eigenvalue weighted by Gasteiger charge is 2.18. The largest absolute Gasteiger partial charge is 0.496 e. The predicted octanol–water partition coefficient (Wildman–Crippen LogP) is 4.19. The van der Waals surface area contributed by atoms with E-state index >= 15 is 0 Å². The molecule has 1 unspecified atom stereocenters. The summed E-state index contributed by atoms with van der Waals surface area (Å²) >= 11 is 5.75. The van der Waals surface area contributed by atoms with E-state index in [1.807, 2.05) is 37.3 Å². The second-order valence-electron chi connectivity index (χ2n) is 4.41. The molecule has 0 amide bonds. The number of rotatable bonds is 5. The van der Waals surface area contributed by atoms with Crippen LogP contribution in [0.3, 0.4) is 0 Å². The quantitative estimate of drug-likeness (QED) is 0.892. The maximum atomic E-state index is 13.7. The molecule has 0 aliphatic rings. The Balaban J connectivity index is 2.47. The van der Waals surface area contributed by atoms with Gasteiger partial charge in [0.1, 0.15) is 11.6 Å². The maximum absolute atomic E-state index is 13.7. The van der Waals surface area contributed by atoms with Crippen molar-refractivity contribution in [2.75, 3.05) is 13.7 Å². The minimum atomic E-state index is -0.415. The molecule has 2 rings (SSSR count). The molecule has 0 aliphatic carbocycles. The Morgan fingerprint density at radius 3 is 2.65 bits per heavy atom. The lowest BCUT2D eigenvalue weighted by molar-refractivity contribution is 0.404. The number of benzene rings is 2. The molecule has 0 saturated carbocycles. The van der Waals surface area contributed by atoms with Crippen LogP contribution in [0.15, 0.2) is 42.5 Å². The van der Waals surface area contributed by atoms with Gasteiger partial charge in [-0.25, -0.2) is 4.39 Å². The van der Waals surface area contributed by atoms with Crippen molar-refractivity contribution in [2.24, 2.45) is 0 Å². The number of hydrogen-bond donors (Lipinski definition) is 1. The highest BCUT2D eigenvalue weighted by Crippen LogP contribution is 2.31. The summed E-state index contributed by atoms with van der Waals surface area (Å²) in [5, 5.41) is 3.48. The zero-order valence-electron chi connectivity index (χ0n) is 11.5. The molecule has 2 aromatic rings. The van der Waals surface area contributed by atoms with E-state index in [4.69, 9.17) is 16.3 Å². The molecular weight excluding hydrogens is 277 g/mol. The topological polar surface area (TPSA) is 21.3 Å². The molecule has 4 heteroatoms. The van der Waals surface area contributed by atoms with E-state index in [2.05, 4.69) is 5.32 Å². The Morgan fingerprint density at radius 2 is 2.00 bits per heavy atom.